The molecule has 0 aliphatic rings. The first-order chi connectivity index (χ1) is 9.17. The lowest BCUT2D eigenvalue weighted by Crippen LogP contribution is -2.31. The maximum atomic E-state index is 13.7. The van der Waals surface area contributed by atoms with Crippen molar-refractivity contribution >= 4 is 0 Å². The number of ether oxygens (including phenoxy) is 2. The van der Waals surface area contributed by atoms with E-state index in [1.165, 1.54) is 12.1 Å². The van der Waals surface area contributed by atoms with E-state index in [0.717, 1.165) is 0 Å². The first-order valence-corrected chi connectivity index (χ1v) is 6.37. The predicted octanol–water partition coefficient (Wildman–Crippen LogP) is 2.42. The fourth-order valence-electron chi connectivity index (χ4n) is 1.57. The largest absolute Gasteiger partial charge is 0.382 e. The summed E-state index contributed by atoms with van der Waals surface area (Å²) in [6, 6.07) is 7.84. The first-order valence-electron chi connectivity index (χ1n) is 6.37. The Hall–Kier alpha value is -1.04. The van der Waals surface area contributed by atoms with Gasteiger partial charge in [-0.25, -0.2) is 0 Å². The van der Waals surface area contributed by atoms with Crippen LogP contribution in [0.1, 0.15) is 12.0 Å². The monoisotopic (exact) mass is 273 g/mol. The lowest BCUT2D eigenvalue weighted by atomic mass is 10.1. The van der Waals surface area contributed by atoms with Crippen molar-refractivity contribution in [1.29, 1.82) is 0 Å². The zero-order valence-corrected chi connectivity index (χ0v) is 11.2. The summed E-state index contributed by atoms with van der Waals surface area (Å²) in [7, 11) is 1.61. The zero-order chi connectivity index (χ0) is 14.0. The minimum Gasteiger partial charge on any atom is -0.382 e. The Morgan fingerprint density at radius 2 is 1.84 bits per heavy atom. The van der Waals surface area contributed by atoms with Crippen LogP contribution in [0.25, 0.3) is 0 Å². The number of hydrogen-bond acceptors (Lipinski definition) is 3. The van der Waals surface area contributed by atoms with Crippen LogP contribution in [0.5, 0.6) is 0 Å². The SMILES string of the molecule is COCCOCCCNCC(F)(F)c1ccccc1. The van der Waals surface area contributed by atoms with Crippen LogP contribution in [0.3, 0.4) is 0 Å². The molecule has 0 aliphatic heterocycles. The van der Waals surface area contributed by atoms with Crippen molar-refractivity contribution in [3.63, 3.8) is 0 Å². The molecule has 0 heterocycles. The summed E-state index contributed by atoms with van der Waals surface area (Å²) in [6.45, 7) is 1.80. The fraction of sp³-hybridized carbons (Fsp3) is 0.571. The average molecular weight is 273 g/mol. The minimum absolute atomic E-state index is 0.0406. The molecule has 0 saturated heterocycles. The van der Waals surface area contributed by atoms with Crippen molar-refractivity contribution in [2.75, 3.05) is 40.0 Å². The highest BCUT2D eigenvalue weighted by Gasteiger charge is 2.30. The second-order valence-electron chi connectivity index (χ2n) is 4.21. The van der Waals surface area contributed by atoms with E-state index in [1.807, 2.05) is 0 Å². The number of hydrogen-bond donors (Lipinski definition) is 1. The van der Waals surface area contributed by atoms with Crippen molar-refractivity contribution in [2.24, 2.45) is 0 Å². The van der Waals surface area contributed by atoms with Crippen LogP contribution in [0.4, 0.5) is 8.78 Å². The number of alkyl halides is 2. The van der Waals surface area contributed by atoms with E-state index < -0.39 is 5.92 Å². The summed E-state index contributed by atoms with van der Waals surface area (Å²) in [5.74, 6) is -2.84. The zero-order valence-electron chi connectivity index (χ0n) is 11.2. The average Bonchev–Trinajstić information content (AvgIpc) is 2.43. The lowest BCUT2D eigenvalue weighted by Gasteiger charge is -2.17. The molecular weight excluding hydrogens is 252 g/mol. The Kier molecular flexibility index (Phi) is 7.55. The second kappa shape index (κ2) is 8.96. The number of rotatable bonds is 10. The van der Waals surface area contributed by atoms with E-state index in [4.69, 9.17) is 9.47 Å². The molecule has 1 aromatic rings. The third-order valence-electron chi connectivity index (χ3n) is 2.62. The molecule has 0 bridgehead atoms. The molecule has 108 valence electrons. The molecular formula is C14H21F2NO2. The molecule has 0 fully saturated rings. The number of methoxy groups -OCH3 is 1. The number of nitrogens with one attached hydrogen (secondary N) is 1. The van der Waals surface area contributed by atoms with Crippen LogP contribution in [0.15, 0.2) is 30.3 Å². The quantitative estimate of drug-likeness (QED) is 0.664. The Balaban J connectivity index is 2.12. The Morgan fingerprint density at radius 1 is 1.11 bits per heavy atom. The van der Waals surface area contributed by atoms with Gasteiger partial charge in [0.25, 0.3) is 5.92 Å². The highest BCUT2D eigenvalue weighted by molar-refractivity contribution is 5.20. The van der Waals surface area contributed by atoms with Gasteiger partial charge >= 0.3 is 0 Å². The van der Waals surface area contributed by atoms with Gasteiger partial charge in [-0.1, -0.05) is 30.3 Å². The first kappa shape index (κ1) is 16.0. The van der Waals surface area contributed by atoms with E-state index in [0.29, 0.717) is 32.8 Å². The van der Waals surface area contributed by atoms with Gasteiger partial charge in [-0.15, -0.1) is 0 Å². The molecule has 0 atom stereocenters. The Labute approximate surface area is 112 Å². The van der Waals surface area contributed by atoms with Crippen LogP contribution in [-0.2, 0) is 15.4 Å². The third-order valence-corrected chi connectivity index (χ3v) is 2.62. The summed E-state index contributed by atoms with van der Waals surface area (Å²) in [5.41, 5.74) is 0.0406. The minimum atomic E-state index is -2.84. The van der Waals surface area contributed by atoms with E-state index in [9.17, 15) is 8.78 Å². The maximum Gasteiger partial charge on any atom is 0.285 e. The van der Waals surface area contributed by atoms with Crippen molar-refractivity contribution in [1.82, 2.24) is 5.32 Å². The molecule has 3 nitrogen and oxygen atoms in total. The van der Waals surface area contributed by atoms with Gasteiger partial charge in [0.1, 0.15) is 0 Å². The molecule has 0 amide bonds. The standard InChI is InChI=1S/C14H21F2NO2/c1-18-10-11-19-9-5-8-17-12-14(15,16)13-6-3-2-4-7-13/h2-4,6-7,17H,5,8-12H2,1H3. The summed E-state index contributed by atoms with van der Waals surface area (Å²) in [5, 5.41) is 2.75. The smallest absolute Gasteiger partial charge is 0.285 e. The van der Waals surface area contributed by atoms with Crippen LogP contribution in [0.2, 0.25) is 0 Å². The van der Waals surface area contributed by atoms with Crippen LogP contribution in [0, 0.1) is 0 Å². The van der Waals surface area contributed by atoms with Crippen molar-refractivity contribution < 1.29 is 18.3 Å². The second-order valence-corrected chi connectivity index (χ2v) is 4.21. The van der Waals surface area contributed by atoms with Crippen molar-refractivity contribution in [3.8, 4) is 0 Å². The molecule has 0 radical (unpaired) electrons. The fourth-order valence-corrected chi connectivity index (χ4v) is 1.57. The third kappa shape index (κ3) is 6.61. The van der Waals surface area contributed by atoms with Gasteiger partial charge in [-0.05, 0) is 13.0 Å². The number of benzene rings is 1. The van der Waals surface area contributed by atoms with Gasteiger partial charge in [0.15, 0.2) is 0 Å². The molecule has 1 aromatic carbocycles. The summed E-state index contributed by atoms with van der Waals surface area (Å²) in [6.07, 6.45) is 0.703. The molecule has 5 heteroatoms. The molecule has 0 spiro atoms. The van der Waals surface area contributed by atoms with E-state index >= 15 is 0 Å². The predicted molar refractivity (Wildman–Crippen MR) is 70.5 cm³/mol. The molecule has 1 N–H and O–H groups in total. The molecule has 0 aliphatic carbocycles. The van der Waals surface area contributed by atoms with E-state index in [-0.39, 0.29) is 12.1 Å². The maximum absolute atomic E-state index is 13.7. The van der Waals surface area contributed by atoms with Crippen LogP contribution < -0.4 is 5.32 Å². The van der Waals surface area contributed by atoms with Gasteiger partial charge in [-0.3, -0.25) is 0 Å². The molecule has 0 unspecified atom stereocenters. The van der Waals surface area contributed by atoms with Gasteiger partial charge in [0.05, 0.1) is 19.8 Å². The summed E-state index contributed by atoms with van der Waals surface area (Å²) >= 11 is 0. The molecule has 19 heavy (non-hydrogen) atoms. The van der Waals surface area contributed by atoms with Gasteiger partial charge in [0.2, 0.25) is 0 Å². The van der Waals surface area contributed by atoms with Crippen molar-refractivity contribution in [3.05, 3.63) is 35.9 Å². The van der Waals surface area contributed by atoms with E-state index in [2.05, 4.69) is 5.32 Å². The van der Waals surface area contributed by atoms with Gasteiger partial charge in [0, 0.05) is 19.3 Å². The van der Waals surface area contributed by atoms with Crippen LogP contribution >= 0.6 is 0 Å². The van der Waals surface area contributed by atoms with E-state index in [1.54, 1.807) is 25.3 Å². The molecule has 0 saturated carbocycles. The van der Waals surface area contributed by atoms with Crippen LogP contribution in [-0.4, -0.2) is 40.0 Å². The lowest BCUT2D eigenvalue weighted by molar-refractivity contribution is -0.00368. The Morgan fingerprint density at radius 3 is 2.53 bits per heavy atom. The summed E-state index contributed by atoms with van der Waals surface area (Å²) in [4.78, 5) is 0. The Bertz CT molecular complexity index is 333. The molecule has 0 aromatic heterocycles. The van der Waals surface area contributed by atoms with Crippen molar-refractivity contribution in [2.45, 2.75) is 12.3 Å². The summed E-state index contributed by atoms with van der Waals surface area (Å²) < 4.78 is 37.5. The normalized spacial score (nSPS) is 11.7. The van der Waals surface area contributed by atoms with Gasteiger partial charge < -0.3 is 14.8 Å². The molecule has 1 rings (SSSR count). The van der Waals surface area contributed by atoms with Gasteiger partial charge in [-0.2, -0.15) is 8.78 Å². The highest BCUT2D eigenvalue weighted by atomic mass is 19.3. The highest BCUT2D eigenvalue weighted by Crippen LogP contribution is 2.26. The topological polar surface area (TPSA) is 30.5 Å². The number of halogens is 2.